The van der Waals surface area contributed by atoms with E-state index in [-0.39, 0.29) is 10.8 Å². The van der Waals surface area contributed by atoms with Crippen molar-refractivity contribution in [2.45, 2.75) is 195 Å². The average Bonchev–Trinajstić information content (AvgIpc) is 3.24. The third-order valence-corrected chi connectivity index (χ3v) is 13.7. The van der Waals surface area contributed by atoms with Crippen LogP contribution in [0.3, 0.4) is 0 Å². The van der Waals surface area contributed by atoms with Gasteiger partial charge in [0.15, 0.2) is 0 Å². The summed E-state index contributed by atoms with van der Waals surface area (Å²) in [5.41, 5.74) is 4.27. The van der Waals surface area contributed by atoms with Gasteiger partial charge < -0.3 is 37.9 Å². The van der Waals surface area contributed by atoms with Crippen LogP contribution in [0.15, 0.2) is 72.8 Å². The second kappa shape index (κ2) is 21.2. The van der Waals surface area contributed by atoms with Gasteiger partial charge in [0.25, 0.3) is 0 Å². The Hall–Kier alpha value is -6.04. The van der Waals surface area contributed by atoms with Gasteiger partial charge in [-0.05, 0) is 243 Å². The first-order valence-electron chi connectivity index (χ1n) is 25.4. The predicted octanol–water partition coefficient (Wildman–Crippen LogP) is 15.8. The first-order valence-corrected chi connectivity index (χ1v) is 25.4. The normalized spacial score (nSPS) is 16.5. The maximum absolute atomic E-state index is 12.7. The molecule has 0 radical (unpaired) electrons. The van der Waals surface area contributed by atoms with Crippen LogP contribution < -0.4 is 18.9 Å². The van der Waals surface area contributed by atoms with E-state index in [1.54, 1.807) is 83.1 Å². The molecule has 12 nitrogen and oxygen atoms in total. The topological polar surface area (TPSA) is 142 Å². The van der Waals surface area contributed by atoms with Crippen LogP contribution in [-0.4, -0.2) is 47.0 Å². The quantitative estimate of drug-likeness (QED) is 0.0895. The third kappa shape index (κ3) is 14.1. The number of aryl methyl sites for hydroxylation is 4. The fourth-order valence-electron chi connectivity index (χ4n) is 10.4. The molecule has 2 saturated carbocycles. The van der Waals surface area contributed by atoms with Gasteiger partial charge in [0, 0.05) is 10.8 Å². The van der Waals surface area contributed by atoms with E-state index >= 15 is 0 Å². The average molecular weight is 991 g/mol. The molecule has 12 heteroatoms. The largest absolute Gasteiger partial charge is 0.514 e. The van der Waals surface area contributed by atoms with E-state index in [9.17, 15) is 19.2 Å². The van der Waals surface area contributed by atoms with Crippen molar-refractivity contribution in [3.05, 3.63) is 117 Å². The van der Waals surface area contributed by atoms with Crippen LogP contribution in [0.2, 0.25) is 0 Å². The van der Waals surface area contributed by atoms with Crippen LogP contribution in [0.1, 0.15) is 179 Å². The standard InChI is InChI=1S/C60H78O12/c1-37-33-43(17-21-47(37)65-51(61)69-55(5,6)7)59(44-18-22-48(38(2)34-44)66-52(62)70-56(8,9)10)29-25-41(26-30-59)42-27-31-60(32-28-42,45-19-23-49(39(3)35-45)67-53(63)71-57(11,12)13)46-20-24-50(40(4)36-46)68-54(64)72-58(14,15)16/h17-24,33-36,41-42H,25-32H2,1-16H3. The molecule has 0 saturated heterocycles. The van der Waals surface area contributed by atoms with E-state index in [2.05, 4.69) is 48.5 Å². The lowest BCUT2D eigenvalue weighted by Gasteiger charge is -2.47. The Labute approximate surface area is 427 Å². The highest BCUT2D eigenvalue weighted by Gasteiger charge is 2.45. The fourth-order valence-corrected chi connectivity index (χ4v) is 10.4. The van der Waals surface area contributed by atoms with Gasteiger partial charge in [-0.15, -0.1) is 0 Å². The highest BCUT2D eigenvalue weighted by atomic mass is 16.7. The molecule has 0 unspecified atom stereocenters. The summed E-state index contributed by atoms with van der Waals surface area (Å²) < 4.78 is 44.7. The number of hydrogen-bond acceptors (Lipinski definition) is 12. The summed E-state index contributed by atoms with van der Waals surface area (Å²) in [5, 5.41) is 0. The molecule has 0 bridgehead atoms. The lowest BCUT2D eigenvalue weighted by Crippen LogP contribution is -2.39. The van der Waals surface area contributed by atoms with Crippen molar-refractivity contribution >= 4 is 24.6 Å². The zero-order chi connectivity index (χ0) is 53.2. The first kappa shape index (κ1) is 55.3. The highest BCUT2D eigenvalue weighted by molar-refractivity contribution is 5.68. The monoisotopic (exact) mass is 991 g/mol. The molecule has 0 aromatic heterocycles. The molecule has 0 N–H and O–H groups in total. The van der Waals surface area contributed by atoms with Crippen LogP contribution in [-0.2, 0) is 29.8 Å². The highest BCUT2D eigenvalue weighted by Crippen LogP contribution is 2.54. The summed E-state index contributed by atoms with van der Waals surface area (Å²) in [4.78, 5) is 50.9. The zero-order valence-corrected chi connectivity index (χ0v) is 45.6. The maximum Gasteiger partial charge on any atom is 0.514 e. The molecule has 4 aromatic carbocycles. The Balaban J connectivity index is 1.29. The molecular formula is C60H78O12. The molecule has 0 atom stereocenters. The lowest BCUT2D eigenvalue weighted by molar-refractivity contribution is 0.0191. The van der Waals surface area contributed by atoms with E-state index in [0.717, 1.165) is 95.9 Å². The number of rotatable bonds is 9. The Morgan fingerprint density at radius 3 is 0.722 bits per heavy atom. The zero-order valence-electron chi connectivity index (χ0n) is 45.6. The van der Waals surface area contributed by atoms with E-state index in [1.807, 2.05) is 52.0 Å². The van der Waals surface area contributed by atoms with Gasteiger partial charge in [-0.2, -0.15) is 0 Å². The first-order chi connectivity index (χ1) is 33.3. The Morgan fingerprint density at radius 2 is 0.556 bits per heavy atom. The second-order valence-electron chi connectivity index (χ2n) is 24.0. The van der Waals surface area contributed by atoms with Crippen molar-refractivity contribution in [3.63, 3.8) is 0 Å². The summed E-state index contributed by atoms with van der Waals surface area (Å²) in [6, 6.07) is 24.3. The molecule has 2 aliphatic rings. The maximum atomic E-state index is 12.7. The molecule has 0 heterocycles. The van der Waals surface area contributed by atoms with Crippen molar-refractivity contribution < 1.29 is 57.1 Å². The number of carbonyl (C=O) groups excluding carboxylic acids is 4. The summed E-state index contributed by atoms with van der Waals surface area (Å²) in [6.07, 6.45) is 4.50. The van der Waals surface area contributed by atoms with Gasteiger partial charge in [0.05, 0.1) is 0 Å². The fraction of sp³-hybridized carbons (Fsp3) is 0.533. The molecule has 0 amide bonds. The van der Waals surface area contributed by atoms with Crippen molar-refractivity contribution in [1.82, 2.24) is 0 Å². The van der Waals surface area contributed by atoms with Gasteiger partial charge in [-0.1, -0.05) is 48.5 Å². The van der Waals surface area contributed by atoms with Crippen LogP contribution >= 0.6 is 0 Å². The van der Waals surface area contributed by atoms with Gasteiger partial charge >= 0.3 is 24.6 Å². The number of benzene rings is 4. The molecule has 0 spiro atoms. The minimum absolute atomic E-state index is 0.374. The summed E-state index contributed by atoms with van der Waals surface area (Å²) in [5.74, 6) is 2.73. The van der Waals surface area contributed by atoms with Crippen molar-refractivity contribution in [1.29, 1.82) is 0 Å². The molecular weight excluding hydrogens is 913 g/mol. The predicted molar refractivity (Wildman–Crippen MR) is 278 cm³/mol. The van der Waals surface area contributed by atoms with E-state index < -0.39 is 47.0 Å². The molecule has 72 heavy (non-hydrogen) atoms. The Kier molecular flexibility index (Phi) is 16.3. The molecule has 2 aliphatic carbocycles. The number of carbonyl (C=O) groups is 4. The van der Waals surface area contributed by atoms with Crippen LogP contribution in [0.4, 0.5) is 19.2 Å². The van der Waals surface area contributed by atoms with Gasteiger partial charge in [-0.25, -0.2) is 19.2 Å². The van der Waals surface area contributed by atoms with Crippen LogP contribution in [0, 0.1) is 39.5 Å². The van der Waals surface area contributed by atoms with Crippen molar-refractivity contribution in [3.8, 4) is 23.0 Å². The summed E-state index contributed by atoms with van der Waals surface area (Å²) in [7, 11) is 0. The SMILES string of the molecule is Cc1cc(C2(c3ccc(OC(=O)OC(C)(C)C)c(C)c3)CCC(C3CCC(c4ccc(OC(=O)OC(C)(C)C)c(C)c4)(c4ccc(OC(=O)OC(C)(C)C)c(C)c4)CC3)CC2)ccc1OC(=O)OC(C)(C)C. The van der Waals surface area contributed by atoms with Gasteiger partial charge in [-0.3, -0.25) is 0 Å². The lowest BCUT2D eigenvalue weighted by atomic mass is 9.57. The van der Waals surface area contributed by atoms with E-state index in [0.29, 0.717) is 34.8 Å². The molecule has 6 rings (SSSR count). The molecule has 4 aromatic rings. The summed E-state index contributed by atoms with van der Waals surface area (Å²) >= 11 is 0. The number of hydrogen-bond donors (Lipinski definition) is 0. The minimum atomic E-state index is -0.750. The van der Waals surface area contributed by atoms with E-state index in [1.165, 1.54) is 0 Å². The Morgan fingerprint density at radius 1 is 0.361 bits per heavy atom. The third-order valence-electron chi connectivity index (χ3n) is 13.7. The van der Waals surface area contributed by atoms with Crippen LogP contribution in [0.25, 0.3) is 0 Å². The smallest absolute Gasteiger partial charge is 0.428 e. The number of ether oxygens (including phenoxy) is 8. The van der Waals surface area contributed by atoms with Gasteiger partial charge in [0.2, 0.25) is 0 Å². The molecule has 2 fully saturated rings. The van der Waals surface area contributed by atoms with Gasteiger partial charge in [0.1, 0.15) is 45.4 Å². The van der Waals surface area contributed by atoms with Crippen LogP contribution in [0.5, 0.6) is 23.0 Å². The minimum Gasteiger partial charge on any atom is -0.428 e. The Bertz CT molecular complexity index is 2270. The molecule has 0 aliphatic heterocycles. The summed E-state index contributed by atoms with van der Waals surface area (Å²) in [6.45, 7) is 29.4. The molecule has 390 valence electrons. The van der Waals surface area contributed by atoms with E-state index in [4.69, 9.17) is 37.9 Å². The van der Waals surface area contributed by atoms with Crippen molar-refractivity contribution in [2.24, 2.45) is 11.8 Å². The van der Waals surface area contributed by atoms with Crippen molar-refractivity contribution in [2.75, 3.05) is 0 Å². The second-order valence-corrected chi connectivity index (χ2v) is 24.0.